The molecule has 1 aromatic heterocycles. The average molecular weight is 519 g/mol. The number of aliphatic hydroxyl groups excluding tert-OH is 1. The van der Waals surface area contributed by atoms with E-state index in [2.05, 4.69) is 15.4 Å². The van der Waals surface area contributed by atoms with Crippen LogP contribution in [0.5, 0.6) is 5.75 Å². The second-order valence-corrected chi connectivity index (χ2v) is 9.09. The fraction of sp³-hybridized carbons (Fsp3) is 0.435. The zero-order valence-corrected chi connectivity index (χ0v) is 21.2. The van der Waals surface area contributed by atoms with Gasteiger partial charge in [0.15, 0.2) is 17.7 Å². The number of ether oxygens (including phenoxy) is 3. The van der Waals surface area contributed by atoms with Gasteiger partial charge in [-0.2, -0.15) is 4.80 Å². The second kappa shape index (κ2) is 9.97. The Morgan fingerprint density at radius 2 is 1.94 bits per heavy atom. The maximum atomic E-state index is 11.9. The largest absolute Gasteiger partial charge is 0.479 e. The molecule has 2 aromatic carbocycles. The van der Waals surface area contributed by atoms with Gasteiger partial charge in [-0.05, 0) is 49.4 Å². The molecule has 0 radical (unpaired) electrons. The van der Waals surface area contributed by atoms with Crippen LogP contribution >= 0.6 is 11.6 Å². The molecule has 0 unspecified atom stereocenters. The standard InChI is InChI=1S/C23H27ClN6O6/c1-13-16(30(32)33)10-11-17-19(13)20(21(31)23(2,36-17)22(34-4)35-5)29(12-18-25-27-28(3)26-18)15-8-6-14(24)7-9-15/h6-11,20-22,31H,12H2,1-5H3/t20-,21+,23+/m1/s1. The van der Waals surface area contributed by atoms with E-state index in [1.807, 2.05) is 4.90 Å². The predicted molar refractivity (Wildman–Crippen MR) is 130 cm³/mol. The van der Waals surface area contributed by atoms with Gasteiger partial charge in [0, 0.05) is 42.1 Å². The smallest absolute Gasteiger partial charge is 0.272 e. The molecule has 0 saturated carbocycles. The Morgan fingerprint density at radius 3 is 2.50 bits per heavy atom. The molecule has 1 aliphatic heterocycles. The highest BCUT2D eigenvalue weighted by molar-refractivity contribution is 6.30. The zero-order chi connectivity index (χ0) is 26.2. The van der Waals surface area contributed by atoms with E-state index in [4.69, 9.17) is 25.8 Å². The average Bonchev–Trinajstić information content (AvgIpc) is 3.25. The number of aryl methyl sites for hydroxylation is 1. The van der Waals surface area contributed by atoms with Crippen molar-refractivity contribution in [2.24, 2.45) is 7.05 Å². The fourth-order valence-electron chi connectivity index (χ4n) is 4.72. The highest BCUT2D eigenvalue weighted by Crippen LogP contribution is 2.49. The number of aromatic nitrogens is 4. The van der Waals surface area contributed by atoms with Crippen molar-refractivity contribution in [2.75, 3.05) is 19.1 Å². The molecule has 0 spiro atoms. The van der Waals surface area contributed by atoms with E-state index < -0.39 is 29.0 Å². The molecule has 0 saturated heterocycles. The first-order valence-corrected chi connectivity index (χ1v) is 11.4. The summed E-state index contributed by atoms with van der Waals surface area (Å²) < 4.78 is 17.3. The molecule has 3 atom stereocenters. The number of hydrogen-bond donors (Lipinski definition) is 1. The van der Waals surface area contributed by atoms with Crippen LogP contribution in [-0.2, 0) is 23.1 Å². The van der Waals surface area contributed by atoms with E-state index in [1.165, 1.54) is 31.1 Å². The van der Waals surface area contributed by atoms with E-state index in [-0.39, 0.29) is 12.2 Å². The van der Waals surface area contributed by atoms with Gasteiger partial charge in [0.25, 0.3) is 5.69 Å². The Hall–Kier alpha value is -3.32. The number of methoxy groups -OCH3 is 2. The first kappa shape index (κ1) is 25.8. The molecule has 0 fully saturated rings. The number of nitrogens with zero attached hydrogens (tertiary/aromatic N) is 6. The molecule has 1 N–H and O–H groups in total. The molecular weight excluding hydrogens is 492 g/mol. The van der Waals surface area contributed by atoms with Crippen LogP contribution in [0, 0.1) is 17.0 Å². The van der Waals surface area contributed by atoms with E-state index in [1.54, 1.807) is 45.2 Å². The Labute approximate surface area is 212 Å². The molecular formula is C23H27ClN6O6. The van der Waals surface area contributed by atoms with Crippen molar-refractivity contribution < 1.29 is 24.2 Å². The van der Waals surface area contributed by atoms with Gasteiger partial charge in [-0.1, -0.05) is 11.6 Å². The lowest BCUT2D eigenvalue weighted by molar-refractivity contribution is -0.385. The minimum Gasteiger partial charge on any atom is -0.479 e. The molecule has 1 aliphatic rings. The number of fused-ring (bicyclic) bond motifs is 1. The molecule has 36 heavy (non-hydrogen) atoms. The number of nitro benzene ring substituents is 1. The summed E-state index contributed by atoms with van der Waals surface area (Å²) in [5.74, 6) is 0.744. The van der Waals surface area contributed by atoms with E-state index in [9.17, 15) is 15.2 Å². The third kappa shape index (κ3) is 4.48. The van der Waals surface area contributed by atoms with Crippen LogP contribution in [0.4, 0.5) is 11.4 Å². The normalized spacial score (nSPS) is 21.2. The summed E-state index contributed by atoms with van der Waals surface area (Å²) >= 11 is 6.15. The van der Waals surface area contributed by atoms with Gasteiger partial charge in [-0.3, -0.25) is 10.1 Å². The quantitative estimate of drug-likeness (QED) is 0.269. The Morgan fingerprint density at radius 1 is 1.28 bits per heavy atom. The second-order valence-electron chi connectivity index (χ2n) is 8.66. The molecule has 0 aliphatic carbocycles. The molecule has 0 amide bonds. The lowest BCUT2D eigenvalue weighted by Crippen LogP contribution is -2.62. The third-order valence-corrected chi connectivity index (χ3v) is 6.66. The highest BCUT2D eigenvalue weighted by atomic mass is 35.5. The van der Waals surface area contributed by atoms with Crippen molar-refractivity contribution in [1.82, 2.24) is 20.2 Å². The van der Waals surface area contributed by atoms with Crippen LogP contribution in [0.25, 0.3) is 0 Å². The number of tetrazole rings is 1. The van der Waals surface area contributed by atoms with E-state index in [0.717, 1.165) is 0 Å². The van der Waals surface area contributed by atoms with Crippen LogP contribution in [0.2, 0.25) is 5.02 Å². The van der Waals surface area contributed by atoms with Crippen molar-refractivity contribution in [1.29, 1.82) is 0 Å². The van der Waals surface area contributed by atoms with Crippen molar-refractivity contribution in [2.45, 2.75) is 44.4 Å². The Balaban J connectivity index is 1.97. The summed E-state index contributed by atoms with van der Waals surface area (Å²) in [6.07, 6.45) is -2.23. The van der Waals surface area contributed by atoms with Crippen LogP contribution in [-0.4, -0.2) is 62.5 Å². The predicted octanol–water partition coefficient (Wildman–Crippen LogP) is 2.96. The monoisotopic (exact) mass is 518 g/mol. The van der Waals surface area contributed by atoms with Crippen molar-refractivity contribution in [3.63, 3.8) is 0 Å². The number of aliphatic hydroxyl groups is 1. The number of nitro groups is 1. The summed E-state index contributed by atoms with van der Waals surface area (Å²) in [5.41, 5.74) is 0.00907. The lowest BCUT2D eigenvalue weighted by atomic mass is 9.81. The summed E-state index contributed by atoms with van der Waals surface area (Å²) in [6.45, 7) is 3.43. The summed E-state index contributed by atoms with van der Waals surface area (Å²) in [6, 6.07) is 9.07. The molecule has 13 heteroatoms. The van der Waals surface area contributed by atoms with Crippen LogP contribution < -0.4 is 9.64 Å². The van der Waals surface area contributed by atoms with Gasteiger partial charge >= 0.3 is 0 Å². The summed E-state index contributed by atoms with van der Waals surface area (Å²) in [5, 5.41) is 36.6. The number of halogens is 1. The van der Waals surface area contributed by atoms with Crippen molar-refractivity contribution in [3.05, 3.63) is 68.5 Å². The molecule has 0 bridgehead atoms. The first-order chi connectivity index (χ1) is 17.1. The molecule has 3 aromatic rings. The van der Waals surface area contributed by atoms with Gasteiger partial charge in [-0.15, -0.1) is 10.2 Å². The summed E-state index contributed by atoms with van der Waals surface area (Å²) in [7, 11) is 4.54. The van der Waals surface area contributed by atoms with Crippen LogP contribution in [0.1, 0.15) is 29.9 Å². The highest BCUT2D eigenvalue weighted by Gasteiger charge is 2.55. The Kier molecular flexibility index (Phi) is 7.14. The van der Waals surface area contributed by atoms with Crippen LogP contribution in [0.15, 0.2) is 36.4 Å². The topological polar surface area (TPSA) is 138 Å². The fourth-order valence-corrected chi connectivity index (χ4v) is 4.84. The van der Waals surface area contributed by atoms with Gasteiger partial charge in [0.2, 0.25) is 0 Å². The number of anilines is 1. The summed E-state index contributed by atoms with van der Waals surface area (Å²) in [4.78, 5) is 14.5. The SMILES string of the molecule is COC(OC)[C@@]1(C)Oc2ccc([N+](=O)[O-])c(C)c2[C@@H](N(Cc2nnn(C)n2)c2ccc(Cl)cc2)[C@@H]1O. The molecule has 2 heterocycles. The van der Waals surface area contributed by atoms with E-state index >= 15 is 0 Å². The minimum absolute atomic E-state index is 0.0955. The van der Waals surface area contributed by atoms with Gasteiger partial charge in [0.1, 0.15) is 11.9 Å². The Bertz CT molecular complexity index is 1250. The minimum atomic E-state index is -1.38. The molecule has 12 nitrogen and oxygen atoms in total. The molecule has 192 valence electrons. The van der Waals surface area contributed by atoms with Gasteiger partial charge in [-0.25, -0.2) is 0 Å². The number of hydrogen-bond acceptors (Lipinski definition) is 10. The zero-order valence-electron chi connectivity index (χ0n) is 20.5. The van der Waals surface area contributed by atoms with Crippen LogP contribution in [0.3, 0.4) is 0 Å². The number of rotatable bonds is 8. The van der Waals surface area contributed by atoms with Gasteiger partial charge in [0.05, 0.1) is 24.6 Å². The van der Waals surface area contributed by atoms with E-state index in [0.29, 0.717) is 33.4 Å². The van der Waals surface area contributed by atoms with Gasteiger partial charge < -0.3 is 24.2 Å². The third-order valence-electron chi connectivity index (χ3n) is 6.41. The molecule has 4 rings (SSSR count). The number of benzene rings is 2. The maximum absolute atomic E-state index is 11.9. The first-order valence-electron chi connectivity index (χ1n) is 11.1. The lowest BCUT2D eigenvalue weighted by Gasteiger charge is -2.50. The maximum Gasteiger partial charge on any atom is 0.272 e. The van der Waals surface area contributed by atoms with Crippen molar-refractivity contribution in [3.8, 4) is 5.75 Å². The van der Waals surface area contributed by atoms with Crippen molar-refractivity contribution >= 4 is 23.0 Å².